The average molecular weight is 377 g/mol. The highest BCUT2D eigenvalue weighted by Gasteiger charge is 2.28. The molecule has 8 heteroatoms. The Kier molecular flexibility index (Phi) is 4.73. The Balaban J connectivity index is 2.32. The van der Waals surface area contributed by atoms with E-state index in [-0.39, 0.29) is 16.8 Å². The van der Waals surface area contributed by atoms with Crippen molar-refractivity contribution in [2.45, 2.75) is 13.3 Å². The molecule has 0 radical (unpaired) electrons. The molecular weight excluding hydrogens is 362 g/mol. The molecule has 1 aromatic heterocycles. The predicted molar refractivity (Wildman–Crippen MR) is 92.2 cm³/mol. The molecule has 4 nitrogen and oxygen atoms in total. The first kappa shape index (κ1) is 18.6. The fourth-order valence-electron chi connectivity index (χ4n) is 2.99. The molecule has 2 N–H and O–H groups in total. The van der Waals surface area contributed by atoms with Gasteiger partial charge in [-0.25, -0.2) is 17.6 Å². The fourth-order valence-corrected chi connectivity index (χ4v) is 2.99. The van der Waals surface area contributed by atoms with Crippen molar-refractivity contribution in [3.63, 3.8) is 0 Å². The number of hydrogen-bond acceptors (Lipinski definition) is 2. The van der Waals surface area contributed by atoms with E-state index in [1.165, 1.54) is 14.0 Å². The lowest BCUT2D eigenvalue weighted by atomic mass is 9.94. The van der Waals surface area contributed by atoms with E-state index in [9.17, 15) is 22.4 Å². The maximum Gasteiger partial charge on any atom is 0.282 e. The van der Waals surface area contributed by atoms with Crippen LogP contribution in [0.1, 0.15) is 28.0 Å². The molecule has 0 aliphatic heterocycles. The van der Waals surface area contributed by atoms with E-state index in [4.69, 9.17) is 5.73 Å². The lowest BCUT2D eigenvalue weighted by Crippen LogP contribution is -2.14. The number of aryl methyl sites for hydroxylation is 1. The molecule has 0 aliphatic rings. The van der Waals surface area contributed by atoms with Crippen molar-refractivity contribution in [2.24, 2.45) is 12.8 Å². The van der Waals surface area contributed by atoms with Crippen LogP contribution in [0.2, 0.25) is 0 Å². The molecule has 3 rings (SSSR count). The molecular formula is C19H15F4N3O. The van der Waals surface area contributed by atoms with Crippen molar-refractivity contribution in [3.05, 3.63) is 64.9 Å². The van der Waals surface area contributed by atoms with E-state index < -0.39 is 35.2 Å². The van der Waals surface area contributed by atoms with Gasteiger partial charge in [0, 0.05) is 18.2 Å². The van der Waals surface area contributed by atoms with Crippen LogP contribution in [0.4, 0.5) is 17.6 Å². The van der Waals surface area contributed by atoms with Crippen molar-refractivity contribution >= 4 is 5.91 Å². The van der Waals surface area contributed by atoms with Crippen molar-refractivity contribution in [1.82, 2.24) is 9.78 Å². The van der Waals surface area contributed by atoms with Gasteiger partial charge < -0.3 is 5.73 Å². The molecule has 2 aromatic carbocycles. The van der Waals surface area contributed by atoms with Gasteiger partial charge in [-0.15, -0.1) is 0 Å². The number of carbonyl (C=O) groups is 1. The maximum atomic E-state index is 14.0. The van der Waals surface area contributed by atoms with E-state index in [1.54, 1.807) is 24.3 Å². The van der Waals surface area contributed by atoms with Crippen LogP contribution in [0.3, 0.4) is 0 Å². The van der Waals surface area contributed by atoms with Crippen LogP contribution in [0.15, 0.2) is 36.4 Å². The maximum absolute atomic E-state index is 14.0. The molecule has 0 fully saturated rings. The summed E-state index contributed by atoms with van der Waals surface area (Å²) in [7, 11) is 1.39. The Morgan fingerprint density at radius 1 is 1.11 bits per heavy atom. The lowest BCUT2D eigenvalue weighted by Gasteiger charge is -2.13. The van der Waals surface area contributed by atoms with Gasteiger partial charge in [0.05, 0.1) is 11.3 Å². The van der Waals surface area contributed by atoms with Gasteiger partial charge in [0.2, 0.25) is 0 Å². The summed E-state index contributed by atoms with van der Waals surface area (Å²) in [6.07, 6.45) is -3.01. The second-order valence-corrected chi connectivity index (χ2v) is 6.01. The first-order valence-corrected chi connectivity index (χ1v) is 7.92. The molecule has 0 saturated heterocycles. The molecule has 1 amide bonds. The largest absolute Gasteiger partial charge is 0.365 e. The summed E-state index contributed by atoms with van der Waals surface area (Å²) < 4.78 is 55.7. The molecule has 0 spiro atoms. The van der Waals surface area contributed by atoms with Crippen molar-refractivity contribution in [2.75, 3.05) is 0 Å². The minimum absolute atomic E-state index is 0.0507. The highest BCUT2D eigenvalue weighted by molar-refractivity contribution is 6.02. The van der Waals surface area contributed by atoms with Gasteiger partial charge in [0.1, 0.15) is 17.3 Å². The summed E-state index contributed by atoms with van der Waals surface area (Å²) in [5.41, 5.74) is 4.92. The fraction of sp³-hybridized carbons (Fsp3) is 0.158. The standard InChI is InChI=1S/C19H15F4N3O/c1-9-13(20)7-10(8-14(9)21)11-5-3-4-6-12(11)17-15(19(24)27)16(18(22)23)25-26(17)2/h3-8,18H,1-2H3,(H2,24,27). The summed E-state index contributed by atoms with van der Waals surface area (Å²) in [4.78, 5) is 11.8. The molecule has 0 atom stereocenters. The number of benzene rings is 2. The highest BCUT2D eigenvalue weighted by Crippen LogP contribution is 2.37. The third-order valence-corrected chi connectivity index (χ3v) is 4.30. The van der Waals surface area contributed by atoms with Gasteiger partial charge in [-0.3, -0.25) is 9.48 Å². The minimum atomic E-state index is -3.01. The predicted octanol–water partition coefficient (Wildman–Crippen LogP) is 4.38. The normalized spacial score (nSPS) is 11.2. The number of nitrogens with two attached hydrogens (primary N) is 1. The summed E-state index contributed by atoms with van der Waals surface area (Å²) >= 11 is 0. The molecule has 27 heavy (non-hydrogen) atoms. The number of hydrogen-bond donors (Lipinski definition) is 1. The first-order chi connectivity index (χ1) is 12.7. The topological polar surface area (TPSA) is 60.9 Å². The van der Waals surface area contributed by atoms with Gasteiger partial charge in [0.15, 0.2) is 0 Å². The quantitative estimate of drug-likeness (QED) is 0.686. The zero-order chi connectivity index (χ0) is 19.9. The molecule has 140 valence electrons. The first-order valence-electron chi connectivity index (χ1n) is 7.92. The van der Waals surface area contributed by atoms with Crippen molar-refractivity contribution in [1.29, 1.82) is 0 Å². The molecule has 0 unspecified atom stereocenters. The zero-order valence-corrected chi connectivity index (χ0v) is 14.4. The monoisotopic (exact) mass is 377 g/mol. The van der Waals surface area contributed by atoms with Gasteiger partial charge in [0.25, 0.3) is 12.3 Å². The smallest absolute Gasteiger partial charge is 0.282 e. The summed E-state index contributed by atoms with van der Waals surface area (Å²) in [5, 5.41) is 3.71. The molecule has 3 aromatic rings. The number of halogens is 4. The van der Waals surface area contributed by atoms with E-state index in [2.05, 4.69) is 5.10 Å². The Hall–Kier alpha value is -3.16. The number of nitrogens with zero attached hydrogens (tertiary/aromatic N) is 2. The number of carbonyl (C=O) groups excluding carboxylic acids is 1. The highest BCUT2D eigenvalue weighted by atomic mass is 19.3. The second kappa shape index (κ2) is 6.86. The zero-order valence-electron chi connectivity index (χ0n) is 14.4. The van der Waals surface area contributed by atoms with E-state index in [1.807, 2.05) is 0 Å². The summed E-state index contributed by atoms with van der Waals surface area (Å²) in [6, 6.07) is 8.64. The number of primary amides is 1. The number of rotatable bonds is 4. The van der Waals surface area contributed by atoms with E-state index >= 15 is 0 Å². The van der Waals surface area contributed by atoms with Crippen molar-refractivity contribution in [3.8, 4) is 22.4 Å². The van der Waals surface area contributed by atoms with Gasteiger partial charge in [-0.05, 0) is 30.2 Å². The van der Waals surface area contributed by atoms with Gasteiger partial charge in [-0.2, -0.15) is 5.10 Å². The number of alkyl halides is 2. The Labute approximate surface area is 152 Å². The molecule has 0 aliphatic carbocycles. The second-order valence-electron chi connectivity index (χ2n) is 6.01. The molecule has 0 saturated carbocycles. The number of aromatic nitrogens is 2. The molecule has 1 heterocycles. The summed E-state index contributed by atoms with van der Waals surface area (Å²) in [5.74, 6) is -2.55. The molecule has 0 bridgehead atoms. The number of amides is 1. The third-order valence-electron chi connectivity index (χ3n) is 4.30. The third kappa shape index (κ3) is 3.18. The summed E-state index contributed by atoms with van der Waals surface area (Å²) in [6.45, 7) is 1.31. The Bertz CT molecular complexity index is 1020. The van der Waals surface area contributed by atoms with Crippen LogP contribution in [0.5, 0.6) is 0 Å². The lowest BCUT2D eigenvalue weighted by molar-refractivity contribution is 0.0985. The van der Waals surface area contributed by atoms with Crippen LogP contribution in [-0.4, -0.2) is 15.7 Å². The van der Waals surface area contributed by atoms with Gasteiger partial charge in [-0.1, -0.05) is 24.3 Å². The minimum Gasteiger partial charge on any atom is -0.365 e. The van der Waals surface area contributed by atoms with Crippen LogP contribution in [0.25, 0.3) is 22.4 Å². The average Bonchev–Trinajstić information content (AvgIpc) is 2.97. The van der Waals surface area contributed by atoms with E-state index in [0.717, 1.165) is 16.8 Å². The van der Waals surface area contributed by atoms with Gasteiger partial charge >= 0.3 is 0 Å². The van der Waals surface area contributed by atoms with Crippen LogP contribution >= 0.6 is 0 Å². The Morgan fingerprint density at radius 3 is 2.19 bits per heavy atom. The van der Waals surface area contributed by atoms with E-state index in [0.29, 0.717) is 11.1 Å². The van der Waals surface area contributed by atoms with Crippen LogP contribution in [-0.2, 0) is 7.05 Å². The SMILES string of the molecule is Cc1c(F)cc(-c2ccccc2-c2c(C(N)=O)c(C(F)F)nn2C)cc1F. The van der Waals surface area contributed by atoms with Crippen LogP contribution < -0.4 is 5.73 Å². The van der Waals surface area contributed by atoms with Crippen LogP contribution in [0, 0.1) is 18.6 Å². The Morgan fingerprint density at radius 2 is 1.67 bits per heavy atom. The van der Waals surface area contributed by atoms with Crippen molar-refractivity contribution < 1.29 is 22.4 Å².